The molecular formula is C20H24FN5O3. The maximum Gasteiger partial charge on any atom is 0.228 e. The molecular weight excluding hydrogens is 377 g/mol. The van der Waals surface area contributed by atoms with Crippen LogP contribution in [0, 0.1) is 5.82 Å². The number of piperazine rings is 1. The van der Waals surface area contributed by atoms with Gasteiger partial charge >= 0.3 is 0 Å². The smallest absolute Gasteiger partial charge is 0.228 e. The van der Waals surface area contributed by atoms with Crippen LogP contribution in [-0.2, 0) is 4.79 Å². The summed E-state index contributed by atoms with van der Waals surface area (Å²) in [6, 6.07) is 1.58. The van der Waals surface area contributed by atoms with E-state index in [9.17, 15) is 9.18 Å². The number of ketones is 1. The summed E-state index contributed by atoms with van der Waals surface area (Å²) >= 11 is 0. The molecule has 2 aliphatic rings. The third-order valence-electron chi connectivity index (χ3n) is 5.23. The number of rotatable bonds is 6. The molecule has 1 saturated carbocycles. The highest BCUT2D eigenvalue weighted by atomic mass is 19.1. The molecule has 0 amide bonds. The van der Waals surface area contributed by atoms with Crippen molar-refractivity contribution in [1.82, 2.24) is 14.9 Å². The molecule has 0 atom stereocenters. The first-order chi connectivity index (χ1) is 14.0. The number of anilines is 2. The van der Waals surface area contributed by atoms with Gasteiger partial charge in [-0.15, -0.1) is 0 Å². The third kappa shape index (κ3) is 3.95. The zero-order valence-electron chi connectivity index (χ0n) is 16.6. The zero-order valence-corrected chi connectivity index (χ0v) is 16.6. The highest BCUT2D eigenvalue weighted by Crippen LogP contribution is 2.37. The standard InChI is InChI=1S/C20H24FN5O3/c1-28-15-10-14-17(16(21)18(15)29-2)23-20(24-19(14)22)26-7-5-25(6-8-26)11-13(27)9-12-3-4-12/h9-10H,3-8,11H2,1-2H3,(H2,22,23,24). The minimum Gasteiger partial charge on any atom is -0.493 e. The lowest BCUT2D eigenvalue weighted by molar-refractivity contribution is -0.115. The first-order valence-corrected chi connectivity index (χ1v) is 9.57. The van der Waals surface area contributed by atoms with Crippen LogP contribution in [0.25, 0.3) is 10.9 Å². The first-order valence-electron chi connectivity index (χ1n) is 9.57. The van der Waals surface area contributed by atoms with E-state index in [1.54, 1.807) is 12.1 Å². The summed E-state index contributed by atoms with van der Waals surface area (Å²) in [7, 11) is 2.80. The molecule has 9 heteroatoms. The summed E-state index contributed by atoms with van der Waals surface area (Å²) in [5.41, 5.74) is 7.43. The maximum atomic E-state index is 14.9. The van der Waals surface area contributed by atoms with Gasteiger partial charge in [-0.05, 0) is 25.0 Å². The summed E-state index contributed by atoms with van der Waals surface area (Å²) in [6.45, 7) is 3.08. The summed E-state index contributed by atoms with van der Waals surface area (Å²) in [5, 5.41) is 0.376. The molecule has 1 aromatic carbocycles. The number of methoxy groups -OCH3 is 2. The second-order valence-electron chi connectivity index (χ2n) is 7.26. The summed E-state index contributed by atoms with van der Waals surface area (Å²) in [6.07, 6.45) is 3.87. The van der Waals surface area contributed by atoms with Gasteiger partial charge in [0.1, 0.15) is 11.3 Å². The van der Waals surface area contributed by atoms with Crippen molar-refractivity contribution >= 4 is 28.5 Å². The van der Waals surface area contributed by atoms with E-state index in [2.05, 4.69) is 14.9 Å². The molecule has 1 aliphatic heterocycles. The van der Waals surface area contributed by atoms with Crippen molar-refractivity contribution < 1.29 is 18.7 Å². The molecule has 2 N–H and O–H groups in total. The van der Waals surface area contributed by atoms with Gasteiger partial charge in [-0.25, -0.2) is 9.37 Å². The number of aromatic nitrogens is 2. The van der Waals surface area contributed by atoms with E-state index >= 15 is 0 Å². The van der Waals surface area contributed by atoms with Gasteiger partial charge in [-0.1, -0.05) is 5.57 Å². The monoisotopic (exact) mass is 401 g/mol. The molecule has 1 aromatic heterocycles. The van der Waals surface area contributed by atoms with E-state index in [0.717, 1.165) is 12.8 Å². The van der Waals surface area contributed by atoms with Crippen molar-refractivity contribution in [2.24, 2.45) is 0 Å². The SMILES string of the molecule is COc1cc2c(N)nc(N3CCN(CC(=O)C=C4CC4)CC3)nc2c(F)c1OC. The Morgan fingerprint density at radius 2 is 1.93 bits per heavy atom. The Morgan fingerprint density at radius 1 is 1.21 bits per heavy atom. The van der Waals surface area contributed by atoms with Crippen molar-refractivity contribution in [3.63, 3.8) is 0 Å². The van der Waals surface area contributed by atoms with Crippen LogP contribution in [0.15, 0.2) is 17.7 Å². The topological polar surface area (TPSA) is 93.8 Å². The van der Waals surface area contributed by atoms with Crippen molar-refractivity contribution in [2.45, 2.75) is 12.8 Å². The van der Waals surface area contributed by atoms with Crippen LogP contribution in [0.4, 0.5) is 16.2 Å². The number of ether oxygens (including phenoxy) is 2. The van der Waals surface area contributed by atoms with Crippen LogP contribution in [0.3, 0.4) is 0 Å². The van der Waals surface area contributed by atoms with E-state index in [0.29, 0.717) is 44.1 Å². The second kappa shape index (κ2) is 7.82. The molecule has 2 heterocycles. The predicted molar refractivity (Wildman–Crippen MR) is 108 cm³/mol. The fourth-order valence-electron chi connectivity index (χ4n) is 3.50. The number of carbonyl (C=O) groups excluding carboxylic acids is 1. The Kier molecular flexibility index (Phi) is 5.23. The first kappa shape index (κ1) is 19.4. The third-order valence-corrected chi connectivity index (χ3v) is 5.23. The highest BCUT2D eigenvalue weighted by molar-refractivity contribution is 5.93. The van der Waals surface area contributed by atoms with E-state index in [4.69, 9.17) is 15.2 Å². The van der Waals surface area contributed by atoms with Gasteiger partial charge in [0.15, 0.2) is 23.1 Å². The average Bonchev–Trinajstić information content (AvgIpc) is 3.52. The molecule has 0 spiro atoms. The Hall–Kier alpha value is -2.94. The molecule has 0 unspecified atom stereocenters. The molecule has 8 nitrogen and oxygen atoms in total. The van der Waals surface area contributed by atoms with Gasteiger partial charge in [0, 0.05) is 31.6 Å². The Morgan fingerprint density at radius 3 is 2.55 bits per heavy atom. The molecule has 1 aliphatic carbocycles. The average molecular weight is 401 g/mol. The van der Waals surface area contributed by atoms with Crippen LogP contribution in [-0.4, -0.2) is 67.6 Å². The van der Waals surface area contributed by atoms with Gasteiger partial charge in [-0.3, -0.25) is 9.69 Å². The van der Waals surface area contributed by atoms with Gasteiger partial charge in [0.25, 0.3) is 0 Å². The van der Waals surface area contributed by atoms with E-state index in [1.165, 1.54) is 19.8 Å². The summed E-state index contributed by atoms with van der Waals surface area (Å²) < 4.78 is 25.2. The number of hydrogen-bond donors (Lipinski definition) is 1. The van der Waals surface area contributed by atoms with Crippen molar-refractivity contribution in [3.8, 4) is 11.5 Å². The normalized spacial score (nSPS) is 16.8. The minimum absolute atomic E-state index is 0.0165. The Bertz CT molecular complexity index is 980. The summed E-state index contributed by atoms with van der Waals surface area (Å²) in [5.74, 6) is 0.290. The second-order valence-corrected chi connectivity index (χ2v) is 7.26. The van der Waals surface area contributed by atoms with Crippen LogP contribution < -0.4 is 20.1 Å². The van der Waals surface area contributed by atoms with Crippen LogP contribution in [0.2, 0.25) is 0 Å². The van der Waals surface area contributed by atoms with E-state index in [1.807, 2.05) is 4.90 Å². The molecule has 1 saturated heterocycles. The van der Waals surface area contributed by atoms with Crippen LogP contribution in [0.5, 0.6) is 11.5 Å². The van der Waals surface area contributed by atoms with Gasteiger partial charge < -0.3 is 20.1 Å². The summed E-state index contributed by atoms with van der Waals surface area (Å²) in [4.78, 5) is 24.8. The quantitative estimate of drug-likeness (QED) is 0.732. The fraction of sp³-hybridized carbons (Fsp3) is 0.450. The largest absolute Gasteiger partial charge is 0.493 e. The lowest BCUT2D eigenvalue weighted by atomic mass is 10.2. The maximum absolute atomic E-state index is 14.9. The Labute approximate surface area is 168 Å². The van der Waals surface area contributed by atoms with Crippen molar-refractivity contribution in [1.29, 1.82) is 0 Å². The molecule has 154 valence electrons. The molecule has 2 aromatic rings. The zero-order chi connectivity index (χ0) is 20.5. The number of fused-ring (bicyclic) bond motifs is 1. The number of nitrogens with two attached hydrogens (primary N) is 1. The van der Waals surface area contributed by atoms with E-state index < -0.39 is 5.82 Å². The fourth-order valence-corrected chi connectivity index (χ4v) is 3.50. The number of nitrogen functional groups attached to an aromatic ring is 1. The number of nitrogens with zero attached hydrogens (tertiary/aromatic N) is 4. The molecule has 2 fully saturated rings. The van der Waals surface area contributed by atoms with Crippen LogP contribution in [0.1, 0.15) is 12.8 Å². The number of allylic oxidation sites excluding steroid dienone is 1. The lowest BCUT2D eigenvalue weighted by Gasteiger charge is -2.34. The Balaban J connectivity index is 1.53. The van der Waals surface area contributed by atoms with Crippen molar-refractivity contribution in [2.75, 3.05) is 57.6 Å². The minimum atomic E-state index is -0.630. The molecule has 0 bridgehead atoms. The lowest BCUT2D eigenvalue weighted by Crippen LogP contribution is -2.48. The number of benzene rings is 1. The number of carbonyl (C=O) groups is 1. The molecule has 29 heavy (non-hydrogen) atoms. The number of halogens is 1. The van der Waals surface area contributed by atoms with Gasteiger partial charge in [0.05, 0.1) is 20.8 Å². The predicted octanol–water partition coefficient (Wildman–Crippen LogP) is 1.78. The van der Waals surface area contributed by atoms with Gasteiger partial charge in [0.2, 0.25) is 5.95 Å². The molecule has 0 radical (unpaired) electrons. The number of hydrogen-bond acceptors (Lipinski definition) is 8. The van der Waals surface area contributed by atoms with Crippen molar-refractivity contribution in [3.05, 3.63) is 23.5 Å². The van der Waals surface area contributed by atoms with Gasteiger partial charge in [-0.2, -0.15) is 4.98 Å². The highest BCUT2D eigenvalue weighted by Gasteiger charge is 2.24. The van der Waals surface area contributed by atoms with E-state index in [-0.39, 0.29) is 28.6 Å². The van der Waals surface area contributed by atoms with Crippen LogP contribution >= 0.6 is 0 Å². The molecule has 4 rings (SSSR count).